The Morgan fingerprint density at radius 1 is 1.21 bits per heavy atom. The number of likely N-dealkylation sites (tertiary alicyclic amines) is 1. The normalized spacial score (nSPS) is 15.2. The second-order valence-corrected chi connectivity index (χ2v) is 8.96. The van der Waals surface area contributed by atoms with E-state index in [1.54, 1.807) is 35.1 Å². The number of pyridine rings is 1. The van der Waals surface area contributed by atoms with E-state index < -0.39 is 10.0 Å². The molecule has 0 aliphatic carbocycles. The van der Waals surface area contributed by atoms with Crippen molar-refractivity contribution in [3.63, 3.8) is 0 Å². The van der Waals surface area contributed by atoms with Gasteiger partial charge in [-0.1, -0.05) is 24.3 Å². The number of carbonyl (C=O) groups excluding carboxylic acids is 1. The number of rotatable bonds is 5. The summed E-state index contributed by atoms with van der Waals surface area (Å²) in [4.78, 5) is 18.6. The van der Waals surface area contributed by atoms with E-state index in [1.807, 2.05) is 30.3 Å². The first-order valence-electron chi connectivity index (χ1n) is 8.91. The van der Waals surface area contributed by atoms with E-state index in [0.717, 1.165) is 16.5 Å². The van der Waals surface area contributed by atoms with Gasteiger partial charge in [0.15, 0.2) is 5.69 Å². The largest absolute Gasteiger partial charge is 0.334 e. The van der Waals surface area contributed by atoms with Crippen molar-refractivity contribution in [1.82, 2.24) is 24.0 Å². The standard InChI is InChI=1S/C19H21N5O3S/c1-22-17-8-4-3-7-16(17)18(21-22)19(25)23-12-15(13-23)24(28(2,26)27)11-14-6-5-9-20-10-14/h3-10,15H,11-13H2,1-2H3. The molecule has 0 N–H and O–H groups in total. The van der Waals surface area contributed by atoms with Gasteiger partial charge in [0.1, 0.15) is 0 Å². The second-order valence-electron chi connectivity index (χ2n) is 7.02. The summed E-state index contributed by atoms with van der Waals surface area (Å²) >= 11 is 0. The molecule has 0 spiro atoms. The minimum Gasteiger partial charge on any atom is -0.334 e. The summed E-state index contributed by atoms with van der Waals surface area (Å²) in [7, 11) is -1.62. The average molecular weight is 399 g/mol. The van der Waals surface area contributed by atoms with Gasteiger partial charge in [0.25, 0.3) is 5.91 Å². The van der Waals surface area contributed by atoms with Crippen molar-refractivity contribution >= 4 is 26.8 Å². The molecular formula is C19H21N5O3S. The Hall–Kier alpha value is -2.78. The minimum atomic E-state index is -3.42. The van der Waals surface area contributed by atoms with Crippen molar-refractivity contribution in [2.24, 2.45) is 7.05 Å². The molecule has 1 amide bonds. The zero-order valence-corrected chi connectivity index (χ0v) is 16.5. The number of aromatic nitrogens is 3. The second kappa shape index (κ2) is 6.99. The molecular weight excluding hydrogens is 378 g/mol. The number of sulfonamides is 1. The van der Waals surface area contributed by atoms with Gasteiger partial charge in [0, 0.05) is 44.5 Å². The molecule has 0 saturated carbocycles. The van der Waals surface area contributed by atoms with Gasteiger partial charge in [-0.2, -0.15) is 9.40 Å². The zero-order valence-electron chi connectivity index (χ0n) is 15.7. The number of fused-ring (bicyclic) bond motifs is 1. The van der Waals surface area contributed by atoms with E-state index in [-0.39, 0.29) is 18.5 Å². The SMILES string of the molecule is Cn1nc(C(=O)N2CC(N(Cc3cccnc3)S(C)(=O)=O)C2)c2ccccc21. The highest BCUT2D eigenvalue weighted by atomic mass is 32.2. The molecule has 0 bridgehead atoms. The number of para-hydroxylation sites is 1. The molecule has 1 saturated heterocycles. The van der Waals surface area contributed by atoms with E-state index in [0.29, 0.717) is 18.8 Å². The Labute approximate surface area is 163 Å². The average Bonchev–Trinajstić information content (AvgIpc) is 2.97. The van der Waals surface area contributed by atoms with E-state index in [1.165, 1.54) is 10.6 Å². The summed E-state index contributed by atoms with van der Waals surface area (Å²) in [5.74, 6) is -0.178. The van der Waals surface area contributed by atoms with Crippen LogP contribution in [-0.4, -0.2) is 63.7 Å². The minimum absolute atomic E-state index is 0.178. The Balaban J connectivity index is 1.51. The fourth-order valence-corrected chi connectivity index (χ4v) is 4.57. The van der Waals surface area contributed by atoms with Crippen LogP contribution in [0, 0.1) is 0 Å². The lowest BCUT2D eigenvalue weighted by Gasteiger charge is -2.44. The van der Waals surface area contributed by atoms with Crippen LogP contribution in [0.1, 0.15) is 16.1 Å². The molecule has 28 heavy (non-hydrogen) atoms. The molecule has 2 aromatic heterocycles. The van der Waals surface area contributed by atoms with E-state index in [2.05, 4.69) is 10.1 Å². The first kappa shape index (κ1) is 18.6. The van der Waals surface area contributed by atoms with Gasteiger partial charge in [-0.25, -0.2) is 8.42 Å². The zero-order chi connectivity index (χ0) is 19.9. The number of nitrogens with zero attached hydrogens (tertiary/aromatic N) is 5. The van der Waals surface area contributed by atoms with E-state index >= 15 is 0 Å². The first-order chi connectivity index (χ1) is 13.3. The van der Waals surface area contributed by atoms with Crippen LogP contribution >= 0.6 is 0 Å². The molecule has 9 heteroatoms. The molecule has 1 aromatic carbocycles. The van der Waals surface area contributed by atoms with Crippen molar-refractivity contribution in [3.05, 3.63) is 60.0 Å². The smallest absolute Gasteiger partial charge is 0.275 e. The first-order valence-corrected chi connectivity index (χ1v) is 10.8. The van der Waals surface area contributed by atoms with Gasteiger partial charge < -0.3 is 4.90 Å². The van der Waals surface area contributed by atoms with Crippen LogP contribution in [0.3, 0.4) is 0 Å². The van der Waals surface area contributed by atoms with Crippen LogP contribution in [0.25, 0.3) is 10.9 Å². The quantitative estimate of drug-likeness (QED) is 0.644. The van der Waals surface area contributed by atoms with Crippen LogP contribution in [0.4, 0.5) is 0 Å². The molecule has 1 fully saturated rings. The summed E-state index contributed by atoms with van der Waals surface area (Å²) in [6, 6.07) is 10.9. The molecule has 1 aliphatic heterocycles. The number of carbonyl (C=O) groups is 1. The van der Waals surface area contributed by atoms with Gasteiger partial charge in [-0.15, -0.1) is 0 Å². The Morgan fingerprint density at radius 2 is 1.96 bits per heavy atom. The third-order valence-corrected chi connectivity index (χ3v) is 6.28. The topological polar surface area (TPSA) is 88.4 Å². The fourth-order valence-electron chi connectivity index (χ4n) is 3.51. The maximum absolute atomic E-state index is 12.9. The molecule has 0 atom stereocenters. The van der Waals surface area contributed by atoms with Gasteiger partial charge in [0.05, 0.1) is 17.8 Å². The summed E-state index contributed by atoms with van der Waals surface area (Å²) in [5.41, 5.74) is 2.10. The highest BCUT2D eigenvalue weighted by Crippen LogP contribution is 2.25. The van der Waals surface area contributed by atoms with Crippen molar-refractivity contribution in [2.75, 3.05) is 19.3 Å². The van der Waals surface area contributed by atoms with Gasteiger partial charge in [0.2, 0.25) is 10.0 Å². The van der Waals surface area contributed by atoms with E-state index in [9.17, 15) is 13.2 Å². The summed E-state index contributed by atoms with van der Waals surface area (Å²) in [5, 5.41) is 5.16. The molecule has 3 aromatic rings. The van der Waals surface area contributed by atoms with Crippen molar-refractivity contribution < 1.29 is 13.2 Å². The lowest BCUT2D eigenvalue weighted by atomic mass is 10.1. The predicted molar refractivity (Wildman–Crippen MR) is 105 cm³/mol. The van der Waals surface area contributed by atoms with Crippen molar-refractivity contribution in [3.8, 4) is 0 Å². The number of hydrogen-bond acceptors (Lipinski definition) is 5. The number of aryl methyl sites for hydroxylation is 1. The number of benzene rings is 1. The fraction of sp³-hybridized carbons (Fsp3) is 0.316. The lowest BCUT2D eigenvalue weighted by Crippen LogP contribution is -2.61. The third-order valence-electron chi connectivity index (χ3n) is 5.00. The van der Waals surface area contributed by atoms with Crippen LogP contribution in [-0.2, 0) is 23.6 Å². The van der Waals surface area contributed by atoms with Crippen LogP contribution in [0.2, 0.25) is 0 Å². The lowest BCUT2D eigenvalue weighted by molar-refractivity contribution is 0.0439. The molecule has 1 aliphatic rings. The summed E-state index contributed by atoms with van der Waals surface area (Å²) in [6.07, 6.45) is 4.50. The van der Waals surface area contributed by atoms with Crippen LogP contribution < -0.4 is 0 Å². The van der Waals surface area contributed by atoms with Gasteiger partial charge in [-0.05, 0) is 17.7 Å². The van der Waals surface area contributed by atoms with Gasteiger partial charge in [-0.3, -0.25) is 14.5 Å². The molecule has 146 valence electrons. The Bertz CT molecular complexity index is 1120. The van der Waals surface area contributed by atoms with E-state index in [4.69, 9.17) is 0 Å². The number of amides is 1. The number of hydrogen-bond donors (Lipinski definition) is 0. The van der Waals surface area contributed by atoms with Crippen LogP contribution in [0.5, 0.6) is 0 Å². The molecule has 0 radical (unpaired) electrons. The molecule has 8 nitrogen and oxygen atoms in total. The monoisotopic (exact) mass is 399 g/mol. The van der Waals surface area contributed by atoms with Crippen LogP contribution in [0.15, 0.2) is 48.8 Å². The summed E-state index contributed by atoms with van der Waals surface area (Å²) in [6.45, 7) is 0.931. The van der Waals surface area contributed by atoms with Crippen molar-refractivity contribution in [1.29, 1.82) is 0 Å². The maximum atomic E-state index is 12.9. The Morgan fingerprint density at radius 3 is 2.64 bits per heavy atom. The van der Waals surface area contributed by atoms with Crippen molar-refractivity contribution in [2.45, 2.75) is 12.6 Å². The molecule has 4 rings (SSSR count). The molecule has 0 unspecified atom stereocenters. The van der Waals surface area contributed by atoms with Gasteiger partial charge >= 0.3 is 0 Å². The highest BCUT2D eigenvalue weighted by molar-refractivity contribution is 7.88. The third kappa shape index (κ3) is 3.38. The maximum Gasteiger partial charge on any atom is 0.275 e. The summed E-state index contributed by atoms with van der Waals surface area (Å²) < 4.78 is 27.7. The highest BCUT2D eigenvalue weighted by Gasteiger charge is 2.40. The Kier molecular flexibility index (Phi) is 4.64. The molecule has 3 heterocycles. The predicted octanol–water partition coefficient (Wildman–Crippen LogP) is 1.25.